The molecule has 4 heteroatoms. The van der Waals surface area contributed by atoms with Gasteiger partial charge in [0.25, 0.3) is 0 Å². The van der Waals surface area contributed by atoms with Gasteiger partial charge in [-0.3, -0.25) is 4.79 Å². The summed E-state index contributed by atoms with van der Waals surface area (Å²) in [6.07, 6.45) is 1.85. The van der Waals surface area contributed by atoms with Crippen LogP contribution in [-0.4, -0.2) is 48.7 Å². The lowest BCUT2D eigenvalue weighted by Gasteiger charge is -2.30. The third-order valence-electron chi connectivity index (χ3n) is 3.73. The summed E-state index contributed by atoms with van der Waals surface area (Å²) in [5.74, 6) is 0.133. The van der Waals surface area contributed by atoms with Crippen molar-refractivity contribution in [1.29, 1.82) is 0 Å². The van der Waals surface area contributed by atoms with Crippen LogP contribution in [0.15, 0.2) is 0 Å². The number of aliphatic hydroxyl groups is 1. The molecule has 0 aliphatic heterocycles. The van der Waals surface area contributed by atoms with Gasteiger partial charge in [-0.05, 0) is 26.7 Å². The highest BCUT2D eigenvalue weighted by Gasteiger charge is 2.25. The topological polar surface area (TPSA) is 52.6 Å². The summed E-state index contributed by atoms with van der Waals surface area (Å²) in [5, 5.41) is 12.6. The minimum absolute atomic E-state index is 0.0798. The smallest absolute Gasteiger partial charge is 0.236 e. The van der Waals surface area contributed by atoms with Gasteiger partial charge in [-0.25, -0.2) is 0 Å². The van der Waals surface area contributed by atoms with E-state index in [9.17, 15) is 9.90 Å². The SMILES string of the molecule is CCN(CC)C(=O)CNCC(CC)(CC)CO. The molecule has 0 aromatic heterocycles. The molecule has 2 N–H and O–H groups in total. The first-order valence-electron chi connectivity index (χ1n) is 6.68. The first-order chi connectivity index (χ1) is 8.09. The molecule has 4 nitrogen and oxygen atoms in total. The number of carbonyl (C=O) groups is 1. The average Bonchev–Trinajstić information content (AvgIpc) is 2.37. The zero-order valence-corrected chi connectivity index (χ0v) is 11.8. The van der Waals surface area contributed by atoms with E-state index in [4.69, 9.17) is 0 Å². The Morgan fingerprint density at radius 3 is 2.06 bits per heavy atom. The molecule has 0 rings (SSSR count). The van der Waals surface area contributed by atoms with Crippen molar-refractivity contribution in [3.8, 4) is 0 Å². The fourth-order valence-corrected chi connectivity index (χ4v) is 1.90. The number of aliphatic hydroxyl groups excluding tert-OH is 1. The van der Waals surface area contributed by atoms with E-state index in [1.165, 1.54) is 0 Å². The van der Waals surface area contributed by atoms with Crippen LogP contribution in [0.3, 0.4) is 0 Å². The Labute approximate surface area is 105 Å². The summed E-state index contributed by atoms with van der Waals surface area (Å²) in [6, 6.07) is 0. The Morgan fingerprint density at radius 1 is 1.18 bits per heavy atom. The Kier molecular flexibility index (Phi) is 8.17. The largest absolute Gasteiger partial charge is 0.396 e. The molecular weight excluding hydrogens is 216 g/mol. The van der Waals surface area contributed by atoms with Crippen LogP contribution in [0.5, 0.6) is 0 Å². The summed E-state index contributed by atoms with van der Waals surface area (Å²) < 4.78 is 0. The number of amides is 1. The molecule has 0 aromatic rings. The number of nitrogens with one attached hydrogen (secondary N) is 1. The van der Waals surface area contributed by atoms with Crippen molar-refractivity contribution in [2.75, 3.05) is 32.8 Å². The van der Waals surface area contributed by atoms with Crippen molar-refractivity contribution in [1.82, 2.24) is 10.2 Å². The molecule has 0 fully saturated rings. The maximum atomic E-state index is 11.8. The van der Waals surface area contributed by atoms with E-state index in [-0.39, 0.29) is 17.9 Å². The second-order valence-electron chi connectivity index (χ2n) is 4.53. The molecule has 17 heavy (non-hydrogen) atoms. The highest BCUT2D eigenvalue weighted by Crippen LogP contribution is 2.24. The Bertz CT molecular complexity index is 203. The van der Waals surface area contributed by atoms with Gasteiger partial charge in [0, 0.05) is 31.7 Å². The van der Waals surface area contributed by atoms with Crippen LogP contribution in [0.1, 0.15) is 40.5 Å². The standard InChI is InChI=1S/C13H28N2O2/c1-5-13(6-2,11-16)10-14-9-12(17)15(7-3)8-4/h14,16H,5-11H2,1-4H3. The average molecular weight is 244 g/mol. The van der Waals surface area contributed by atoms with Crippen LogP contribution in [0.25, 0.3) is 0 Å². The van der Waals surface area contributed by atoms with Crippen molar-refractivity contribution in [3.63, 3.8) is 0 Å². The van der Waals surface area contributed by atoms with Gasteiger partial charge in [-0.15, -0.1) is 0 Å². The highest BCUT2D eigenvalue weighted by molar-refractivity contribution is 5.78. The zero-order valence-electron chi connectivity index (χ0n) is 11.8. The Hall–Kier alpha value is -0.610. The molecule has 0 heterocycles. The van der Waals surface area contributed by atoms with Gasteiger partial charge in [0.05, 0.1) is 6.54 Å². The van der Waals surface area contributed by atoms with Crippen LogP contribution >= 0.6 is 0 Å². The van der Waals surface area contributed by atoms with Crippen molar-refractivity contribution in [2.45, 2.75) is 40.5 Å². The molecule has 0 aliphatic rings. The van der Waals surface area contributed by atoms with Gasteiger partial charge in [0.2, 0.25) is 5.91 Å². The third kappa shape index (κ3) is 5.04. The van der Waals surface area contributed by atoms with Gasteiger partial charge in [0.15, 0.2) is 0 Å². The molecule has 0 radical (unpaired) electrons. The highest BCUT2D eigenvalue weighted by atomic mass is 16.3. The van der Waals surface area contributed by atoms with Crippen molar-refractivity contribution in [3.05, 3.63) is 0 Å². The molecule has 0 aliphatic carbocycles. The Morgan fingerprint density at radius 2 is 1.71 bits per heavy atom. The molecule has 0 saturated heterocycles. The summed E-state index contributed by atoms with van der Waals surface area (Å²) in [7, 11) is 0. The van der Waals surface area contributed by atoms with Gasteiger partial charge in [-0.1, -0.05) is 13.8 Å². The van der Waals surface area contributed by atoms with Gasteiger partial charge >= 0.3 is 0 Å². The molecule has 0 bridgehead atoms. The maximum Gasteiger partial charge on any atom is 0.236 e. The van der Waals surface area contributed by atoms with E-state index in [0.29, 0.717) is 13.1 Å². The van der Waals surface area contributed by atoms with Crippen LogP contribution in [0, 0.1) is 5.41 Å². The number of likely N-dealkylation sites (N-methyl/N-ethyl adjacent to an activating group) is 1. The lowest BCUT2D eigenvalue weighted by atomic mass is 9.83. The molecule has 1 amide bonds. The van der Waals surface area contributed by atoms with Crippen molar-refractivity contribution >= 4 is 5.91 Å². The maximum absolute atomic E-state index is 11.8. The van der Waals surface area contributed by atoms with Crippen LogP contribution in [-0.2, 0) is 4.79 Å². The van der Waals surface area contributed by atoms with Gasteiger partial charge in [-0.2, -0.15) is 0 Å². The van der Waals surface area contributed by atoms with E-state index < -0.39 is 0 Å². The number of hydrogen-bond acceptors (Lipinski definition) is 3. The number of nitrogens with zero attached hydrogens (tertiary/aromatic N) is 1. The first kappa shape index (κ1) is 16.4. The van der Waals surface area contributed by atoms with Crippen LogP contribution in [0.2, 0.25) is 0 Å². The predicted octanol–water partition coefficient (Wildman–Crippen LogP) is 1.24. The molecule has 0 aromatic carbocycles. The van der Waals surface area contributed by atoms with Crippen molar-refractivity contribution < 1.29 is 9.90 Å². The molecule has 102 valence electrons. The number of carbonyl (C=O) groups excluding carboxylic acids is 1. The molecule has 0 saturated carbocycles. The van der Waals surface area contributed by atoms with E-state index in [0.717, 1.165) is 25.9 Å². The monoisotopic (exact) mass is 244 g/mol. The summed E-state index contributed by atoms with van der Waals surface area (Å²) in [4.78, 5) is 13.6. The second kappa shape index (κ2) is 8.48. The van der Waals surface area contributed by atoms with Crippen molar-refractivity contribution in [2.24, 2.45) is 5.41 Å². The minimum atomic E-state index is -0.0798. The normalized spacial score (nSPS) is 11.6. The first-order valence-corrected chi connectivity index (χ1v) is 6.68. The molecular formula is C13H28N2O2. The lowest BCUT2D eigenvalue weighted by molar-refractivity contribution is -0.129. The van der Waals surface area contributed by atoms with E-state index >= 15 is 0 Å². The fourth-order valence-electron chi connectivity index (χ4n) is 1.90. The zero-order chi connectivity index (χ0) is 13.3. The Balaban J connectivity index is 4.08. The van der Waals surface area contributed by atoms with E-state index in [1.807, 2.05) is 18.7 Å². The second-order valence-corrected chi connectivity index (χ2v) is 4.53. The minimum Gasteiger partial charge on any atom is -0.396 e. The third-order valence-corrected chi connectivity index (χ3v) is 3.73. The van der Waals surface area contributed by atoms with Gasteiger partial charge < -0.3 is 15.3 Å². The number of rotatable bonds is 9. The van der Waals surface area contributed by atoms with Crippen LogP contribution in [0.4, 0.5) is 0 Å². The van der Waals surface area contributed by atoms with E-state index in [2.05, 4.69) is 19.2 Å². The summed E-state index contributed by atoms with van der Waals surface area (Å²) in [5.41, 5.74) is -0.0798. The molecule has 0 atom stereocenters. The quantitative estimate of drug-likeness (QED) is 0.642. The molecule has 0 unspecified atom stereocenters. The summed E-state index contributed by atoms with van der Waals surface area (Å²) in [6.45, 7) is 10.9. The fraction of sp³-hybridized carbons (Fsp3) is 0.923. The van der Waals surface area contributed by atoms with Gasteiger partial charge in [0.1, 0.15) is 0 Å². The number of hydrogen-bond donors (Lipinski definition) is 2. The summed E-state index contributed by atoms with van der Waals surface area (Å²) >= 11 is 0. The van der Waals surface area contributed by atoms with E-state index in [1.54, 1.807) is 0 Å². The lowest BCUT2D eigenvalue weighted by Crippen LogP contribution is -2.43. The van der Waals surface area contributed by atoms with Crippen LogP contribution < -0.4 is 5.32 Å². The molecule has 0 spiro atoms. The predicted molar refractivity (Wildman–Crippen MR) is 70.9 cm³/mol.